The van der Waals surface area contributed by atoms with Crippen molar-refractivity contribution in [2.75, 3.05) is 0 Å². The van der Waals surface area contributed by atoms with Gasteiger partial charge in [0.15, 0.2) is 5.78 Å². The van der Waals surface area contributed by atoms with E-state index in [0.29, 0.717) is 11.7 Å². The molecular formula is C15H22OS. The molecule has 94 valence electrons. The predicted octanol–water partition coefficient (Wildman–Crippen LogP) is 4.85. The maximum atomic E-state index is 12.3. The quantitative estimate of drug-likeness (QED) is 0.698. The molecule has 2 rings (SSSR count). The van der Waals surface area contributed by atoms with E-state index in [4.69, 9.17) is 0 Å². The summed E-state index contributed by atoms with van der Waals surface area (Å²) in [6, 6.07) is 2.05. The second-order valence-corrected chi connectivity index (χ2v) is 6.43. The van der Waals surface area contributed by atoms with Crippen molar-refractivity contribution in [2.24, 2.45) is 11.8 Å². The molecule has 1 aromatic heterocycles. The molecule has 0 aliphatic heterocycles. The summed E-state index contributed by atoms with van der Waals surface area (Å²) in [7, 11) is 0. The third-order valence-electron chi connectivity index (χ3n) is 3.93. The second-order valence-electron chi connectivity index (χ2n) is 5.32. The first-order chi connectivity index (χ1) is 8.20. The number of carbonyl (C=O) groups excluding carboxylic acids is 1. The van der Waals surface area contributed by atoms with Crippen LogP contribution in [0.5, 0.6) is 0 Å². The van der Waals surface area contributed by atoms with Crippen LogP contribution >= 0.6 is 11.3 Å². The molecule has 0 unspecified atom stereocenters. The van der Waals surface area contributed by atoms with Gasteiger partial charge in [-0.15, -0.1) is 11.3 Å². The van der Waals surface area contributed by atoms with E-state index in [1.165, 1.54) is 30.6 Å². The summed E-state index contributed by atoms with van der Waals surface area (Å²) < 4.78 is 0. The number of rotatable bonds is 4. The molecule has 2 heteroatoms. The van der Waals surface area contributed by atoms with Gasteiger partial charge in [0.25, 0.3) is 0 Å². The van der Waals surface area contributed by atoms with Crippen LogP contribution < -0.4 is 0 Å². The van der Waals surface area contributed by atoms with Gasteiger partial charge >= 0.3 is 0 Å². The van der Waals surface area contributed by atoms with E-state index in [9.17, 15) is 4.79 Å². The molecule has 0 amide bonds. The third kappa shape index (κ3) is 3.19. The van der Waals surface area contributed by atoms with Crippen LogP contribution in [0.25, 0.3) is 0 Å². The molecule has 1 aliphatic carbocycles. The topological polar surface area (TPSA) is 17.1 Å². The van der Waals surface area contributed by atoms with Crippen LogP contribution in [0.1, 0.15) is 60.7 Å². The summed E-state index contributed by atoms with van der Waals surface area (Å²) in [6.45, 7) is 4.32. The first-order valence-electron chi connectivity index (χ1n) is 6.80. The first-order valence-corrected chi connectivity index (χ1v) is 7.68. The van der Waals surface area contributed by atoms with Gasteiger partial charge in [-0.25, -0.2) is 0 Å². The van der Waals surface area contributed by atoms with Crippen LogP contribution in [0.2, 0.25) is 0 Å². The maximum Gasteiger partial charge on any atom is 0.166 e. The fraction of sp³-hybridized carbons (Fsp3) is 0.667. The molecule has 0 spiro atoms. The molecule has 0 saturated heterocycles. The van der Waals surface area contributed by atoms with E-state index in [2.05, 4.69) is 13.8 Å². The van der Waals surface area contributed by atoms with E-state index < -0.39 is 0 Å². The second kappa shape index (κ2) is 5.81. The minimum absolute atomic E-state index is 0.303. The van der Waals surface area contributed by atoms with Crippen molar-refractivity contribution < 1.29 is 4.79 Å². The summed E-state index contributed by atoms with van der Waals surface area (Å²) in [6.07, 6.45) is 7.36. The van der Waals surface area contributed by atoms with Crippen molar-refractivity contribution in [1.29, 1.82) is 0 Å². The highest BCUT2D eigenvalue weighted by molar-refractivity contribution is 7.10. The monoisotopic (exact) mass is 250 g/mol. The van der Waals surface area contributed by atoms with Crippen molar-refractivity contribution in [3.8, 4) is 0 Å². The minimum atomic E-state index is 0.303. The van der Waals surface area contributed by atoms with Gasteiger partial charge < -0.3 is 0 Å². The molecule has 1 saturated carbocycles. The summed E-state index contributed by atoms with van der Waals surface area (Å²) >= 11 is 1.68. The first kappa shape index (κ1) is 12.8. The van der Waals surface area contributed by atoms with Gasteiger partial charge in [-0.1, -0.05) is 19.8 Å². The van der Waals surface area contributed by atoms with Crippen molar-refractivity contribution >= 4 is 17.1 Å². The van der Waals surface area contributed by atoms with E-state index >= 15 is 0 Å². The third-order valence-corrected chi connectivity index (χ3v) is 4.79. The SMILES string of the molecule is CCCC1CCC(C(=O)c2csc(C)c2)CC1. The molecule has 1 aliphatic rings. The number of Topliss-reactive ketones (excluding diaryl/α,β-unsaturated/α-hetero) is 1. The number of aryl methyl sites for hydroxylation is 1. The Kier molecular flexibility index (Phi) is 4.38. The standard InChI is InChI=1S/C15H22OS/c1-3-4-12-5-7-13(8-6-12)15(16)14-9-11(2)17-10-14/h9-10,12-13H,3-8H2,1-2H3. The van der Waals surface area contributed by atoms with E-state index in [1.54, 1.807) is 11.3 Å². The van der Waals surface area contributed by atoms with Gasteiger partial charge in [-0.3, -0.25) is 4.79 Å². The Hall–Kier alpha value is -0.630. The maximum absolute atomic E-state index is 12.3. The average molecular weight is 250 g/mol. The number of hydrogen-bond acceptors (Lipinski definition) is 2. The molecule has 0 atom stereocenters. The van der Waals surface area contributed by atoms with Crippen molar-refractivity contribution in [1.82, 2.24) is 0 Å². The molecule has 1 fully saturated rings. The summed E-state index contributed by atoms with van der Waals surface area (Å²) in [5.74, 6) is 1.58. The van der Waals surface area contributed by atoms with Gasteiger partial charge in [-0.05, 0) is 44.6 Å². The highest BCUT2D eigenvalue weighted by atomic mass is 32.1. The normalized spacial score (nSPS) is 24.8. The number of carbonyl (C=O) groups is 1. The largest absolute Gasteiger partial charge is 0.294 e. The Bertz CT molecular complexity index is 372. The van der Waals surface area contributed by atoms with Crippen LogP contribution in [0.15, 0.2) is 11.4 Å². The van der Waals surface area contributed by atoms with E-state index in [0.717, 1.165) is 24.3 Å². The Labute approximate surface area is 108 Å². The zero-order valence-electron chi connectivity index (χ0n) is 10.9. The van der Waals surface area contributed by atoms with Gasteiger partial charge in [0.05, 0.1) is 0 Å². The highest BCUT2D eigenvalue weighted by Gasteiger charge is 2.26. The molecule has 0 bridgehead atoms. The minimum Gasteiger partial charge on any atom is -0.294 e. The molecule has 1 heterocycles. The van der Waals surface area contributed by atoms with Crippen molar-refractivity contribution in [3.63, 3.8) is 0 Å². The van der Waals surface area contributed by atoms with Crippen LogP contribution in [-0.2, 0) is 0 Å². The lowest BCUT2D eigenvalue weighted by Crippen LogP contribution is -2.21. The molecule has 1 aromatic rings. The summed E-state index contributed by atoms with van der Waals surface area (Å²) in [5.41, 5.74) is 0.950. The fourth-order valence-corrected chi connectivity index (χ4v) is 3.62. The zero-order chi connectivity index (χ0) is 12.3. The lowest BCUT2D eigenvalue weighted by atomic mass is 9.77. The Morgan fingerprint density at radius 2 is 2.06 bits per heavy atom. The molecule has 0 radical (unpaired) electrons. The van der Waals surface area contributed by atoms with E-state index in [-0.39, 0.29) is 0 Å². The zero-order valence-corrected chi connectivity index (χ0v) is 11.7. The smallest absolute Gasteiger partial charge is 0.166 e. The molecule has 0 N–H and O–H groups in total. The number of ketones is 1. The van der Waals surface area contributed by atoms with Crippen LogP contribution in [0.4, 0.5) is 0 Å². The van der Waals surface area contributed by atoms with E-state index in [1.807, 2.05) is 11.4 Å². The van der Waals surface area contributed by atoms with Crippen LogP contribution in [0.3, 0.4) is 0 Å². The summed E-state index contributed by atoms with van der Waals surface area (Å²) in [5, 5.41) is 2.02. The lowest BCUT2D eigenvalue weighted by molar-refractivity contribution is 0.0870. The molecule has 17 heavy (non-hydrogen) atoms. The lowest BCUT2D eigenvalue weighted by Gasteiger charge is -2.27. The highest BCUT2D eigenvalue weighted by Crippen LogP contribution is 2.33. The van der Waals surface area contributed by atoms with Gasteiger partial charge in [0, 0.05) is 21.7 Å². The molecular weight excluding hydrogens is 228 g/mol. The van der Waals surface area contributed by atoms with Crippen LogP contribution in [0, 0.1) is 18.8 Å². The predicted molar refractivity (Wildman–Crippen MR) is 73.7 cm³/mol. The van der Waals surface area contributed by atoms with Crippen molar-refractivity contribution in [2.45, 2.75) is 52.4 Å². The van der Waals surface area contributed by atoms with Gasteiger partial charge in [-0.2, -0.15) is 0 Å². The van der Waals surface area contributed by atoms with Gasteiger partial charge in [0.1, 0.15) is 0 Å². The van der Waals surface area contributed by atoms with Crippen molar-refractivity contribution in [3.05, 3.63) is 21.9 Å². The summed E-state index contributed by atoms with van der Waals surface area (Å²) in [4.78, 5) is 13.5. The Balaban J connectivity index is 1.90. The average Bonchev–Trinajstić information content (AvgIpc) is 2.76. The Morgan fingerprint density at radius 1 is 1.35 bits per heavy atom. The number of thiophene rings is 1. The van der Waals surface area contributed by atoms with Crippen LogP contribution in [-0.4, -0.2) is 5.78 Å². The molecule has 0 aromatic carbocycles. The van der Waals surface area contributed by atoms with Gasteiger partial charge in [0.2, 0.25) is 0 Å². The Morgan fingerprint density at radius 3 is 2.59 bits per heavy atom. The number of hydrogen-bond donors (Lipinski definition) is 0. The molecule has 1 nitrogen and oxygen atoms in total. The fourth-order valence-electron chi connectivity index (χ4n) is 2.93.